The normalized spacial score (nSPS) is 18.8. The van der Waals surface area contributed by atoms with Gasteiger partial charge in [0.25, 0.3) is 0 Å². The summed E-state index contributed by atoms with van der Waals surface area (Å²) in [5.41, 5.74) is 9.38. The molecule has 34 heavy (non-hydrogen) atoms. The minimum atomic E-state index is -0.502. The van der Waals surface area contributed by atoms with E-state index >= 15 is 0 Å². The Bertz CT molecular complexity index is 1150. The highest BCUT2D eigenvalue weighted by atomic mass is 16.7. The van der Waals surface area contributed by atoms with E-state index in [-0.39, 0.29) is 0 Å². The van der Waals surface area contributed by atoms with E-state index in [4.69, 9.17) is 19.8 Å². The van der Waals surface area contributed by atoms with Crippen molar-refractivity contribution in [2.75, 3.05) is 6.61 Å². The van der Waals surface area contributed by atoms with Gasteiger partial charge in [0.1, 0.15) is 12.4 Å². The maximum absolute atomic E-state index is 11.5. The maximum atomic E-state index is 11.5. The predicted molar refractivity (Wildman–Crippen MR) is 138 cm³/mol. The topological polar surface area (TPSA) is 70.8 Å². The Morgan fingerprint density at radius 2 is 1.85 bits per heavy atom. The lowest BCUT2D eigenvalue weighted by molar-refractivity contribution is -0.113. The molecule has 0 radical (unpaired) electrons. The SMILES string of the molecule is CC1(C)OB(c2ccc(-c3cccc(OCC4=CCCC=C4)c3)c(/C=C/C(N)=O)c2)OC1(C)C. The lowest BCUT2D eigenvalue weighted by atomic mass is 9.77. The molecule has 1 aliphatic heterocycles. The fourth-order valence-electron chi connectivity index (χ4n) is 3.97. The van der Waals surface area contributed by atoms with Crippen molar-refractivity contribution in [1.29, 1.82) is 0 Å². The number of benzene rings is 2. The third-order valence-corrected chi connectivity index (χ3v) is 6.65. The molecule has 0 unspecified atom stereocenters. The van der Waals surface area contributed by atoms with Crippen molar-refractivity contribution in [3.8, 4) is 16.9 Å². The average molecular weight is 457 g/mol. The van der Waals surface area contributed by atoms with E-state index in [2.05, 4.69) is 18.2 Å². The number of rotatable bonds is 7. The fourth-order valence-corrected chi connectivity index (χ4v) is 3.97. The smallest absolute Gasteiger partial charge is 0.489 e. The van der Waals surface area contributed by atoms with Gasteiger partial charge in [-0.2, -0.15) is 0 Å². The summed E-state index contributed by atoms with van der Waals surface area (Å²) in [5.74, 6) is 0.287. The molecular formula is C28H32BNO4. The van der Waals surface area contributed by atoms with E-state index in [1.54, 1.807) is 6.08 Å². The molecule has 2 N–H and O–H groups in total. The van der Waals surface area contributed by atoms with Crippen molar-refractivity contribution in [2.45, 2.75) is 51.7 Å². The fraction of sp³-hybridized carbons (Fsp3) is 0.321. The van der Waals surface area contributed by atoms with Gasteiger partial charge in [-0.3, -0.25) is 4.79 Å². The van der Waals surface area contributed by atoms with E-state index in [1.165, 1.54) is 11.6 Å². The van der Waals surface area contributed by atoms with Gasteiger partial charge < -0.3 is 19.8 Å². The van der Waals surface area contributed by atoms with Gasteiger partial charge in [-0.1, -0.05) is 48.6 Å². The Morgan fingerprint density at radius 1 is 1.09 bits per heavy atom. The number of carbonyl (C=O) groups is 1. The first-order valence-corrected chi connectivity index (χ1v) is 11.7. The Labute approximate surface area is 202 Å². The summed E-state index contributed by atoms with van der Waals surface area (Å²) in [6, 6.07) is 14.0. The zero-order valence-corrected chi connectivity index (χ0v) is 20.3. The Balaban J connectivity index is 1.63. The van der Waals surface area contributed by atoms with Gasteiger partial charge in [-0.25, -0.2) is 0 Å². The van der Waals surface area contributed by atoms with Crippen LogP contribution in [0.4, 0.5) is 0 Å². The molecule has 2 aliphatic rings. The summed E-state index contributed by atoms with van der Waals surface area (Å²) < 4.78 is 18.5. The molecule has 1 heterocycles. The molecule has 5 nitrogen and oxygen atoms in total. The van der Waals surface area contributed by atoms with Crippen LogP contribution in [-0.2, 0) is 14.1 Å². The number of nitrogens with two attached hydrogens (primary N) is 1. The van der Waals surface area contributed by atoms with Gasteiger partial charge >= 0.3 is 7.12 Å². The minimum Gasteiger partial charge on any atom is -0.489 e. The molecule has 2 aromatic carbocycles. The summed E-state index contributed by atoms with van der Waals surface area (Å²) in [6.45, 7) is 8.65. The van der Waals surface area contributed by atoms with Crippen LogP contribution in [0.25, 0.3) is 17.2 Å². The zero-order valence-electron chi connectivity index (χ0n) is 20.3. The zero-order chi connectivity index (χ0) is 24.3. The van der Waals surface area contributed by atoms with Crippen LogP contribution in [0.3, 0.4) is 0 Å². The highest BCUT2D eigenvalue weighted by molar-refractivity contribution is 6.62. The van der Waals surface area contributed by atoms with Crippen LogP contribution in [0.2, 0.25) is 0 Å². The first-order chi connectivity index (χ1) is 16.1. The minimum absolute atomic E-state index is 0.436. The number of hydrogen-bond acceptors (Lipinski definition) is 4. The van der Waals surface area contributed by atoms with E-state index in [1.807, 2.05) is 70.2 Å². The van der Waals surface area contributed by atoms with E-state index < -0.39 is 24.2 Å². The van der Waals surface area contributed by atoms with Crippen molar-refractivity contribution >= 4 is 24.6 Å². The van der Waals surface area contributed by atoms with Gasteiger partial charge in [0, 0.05) is 6.08 Å². The molecule has 1 aliphatic carbocycles. The highest BCUT2D eigenvalue weighted by Crippen LogP contribution is 2.37. The van der Waals surface area contributed by atoms with Crippen LogP contribution in [-0.4, -0.2) is 30.8 Å². The van der Waals surface area contributed by atoms with E-state index in [0.717, 1.165) is 40.7 Å². The molecule has 0 spiro atoms. The first-order valence-electron chi connectivity index (χ1n) is 11.7. The number of allylic oxidation sites excluding steroid dienone is 2. The molecule has 2 aromatic rings. The third-order valence-electron chi connectivity index (χ3n) is 6.65. The molecular weight excluding hydrogens is 425 g/mol. The molecule has 4 rings (SSSR count). The third kappa shape index (κ3) is 5.35. The second-order valence-corrected chi connectivity index (χ2v) is 9.75. The lowest BCUT2D eigenvalue weighted by Gasteiger charge is -2.32. The Kier molecular flexibility index (Phi) is 6.83. The monoisotopic (exact) mass is 457 g/mol. The summed E-state index contributed by atoms with van der Waals surface area (Å²) in [4.78, 5) is 11.5. The number of amides is 1. The summed E-state index contributed by atoms with van der Waals surface area (Å²) in [5, 5.41) is 0. The number of ether oxygens (including phenoxy) is 1. The van der Waals surface area contributed by atoms with Crippen LogP contribution in [0.15, 0.2) is 72.3 Å². The van der Waals surface area contributed by atoms with Crippen LogP contribution in [0.5, 0.6) is 5.75 Å². The lowest BCUT2D eigenvalue weighted by Crippen LogP contribution is -2.41. The van der Waals surface area contributed by atoms with Gasteiger partial charge in [0.15, 0.2) is 0 Å². The molecule has 0 atom stereocenters. The second-order valence-electron chi connectivity index (χ2n) is 9.75. The molecule has 1 fully saturated rings. The highest BCUT2D eigenvalue weighted by Gasteiger charge is 2.51. The molecule has 0 bridgehead atoms. The average Bonchev–Trinajstić information content (AvgIpc) is 3.04. The van der Waals surface area contributed by atoms with Crippen molar-refractivity contribution in [3.05, 3.63) is 77.9 Å². The second kappa shape index (κ2) is 9.65. The van der Waals surface area contributed by atoms with Crippen LogP contribution < -0.4 is 15.9 Å². The number of carbonyl (C=O) groups excluding carboxylic acids is 1. The van der Waals surface area contributed by atoms with Gasteiger partial charge in [0.05, 0.1) is 11.2 Å². The van der Waals surface area contributed by atoms with E-state index in [0.29, 0.717) is 6.61 Å². The van der Waals surface area contributed by atoms with Crippen LogP contribution >= 0.6 is 0 Å². The van der Waals surface area contributed by atoms with Gasteiger partial charge in [-0.15, -0.1) is 0 Å². The standard InChI is InChI=1S/C28H32BNO4/c1-27(2)28(3,4)34-29(33-27)23-14-15-25(22(17-23)13-16-26(30)31)21-11-8-12-24(18-21)32-19-20-9-6-5-7-10-20/h6,8-18H,5,7,19H2,1-4H3,(H2,30,31)/b16-13+. The number of primary amides is 1. The largest absolute Gasteiger partial charge is 0.494 e. The van der Waals surface area contributed by atoms with Crippen molar-refractivity contribution in [3.63, 3.8) is 0 Å². The molecule has 0 saturated carbocycles. The molecule has 1 amide bonds. The summed E-state index contributed by atoms with van der Waals surface area (Å²) >= 11 is 0. The Morgan fingerprint density at radius 3 is 2.53 bits per heavy atom. The van der Waals surface area contributed by atoms with Crippen LogP contribution in [0, 0.1) is 0 Å². The van der Waals surface area contributed by atoms with Crippen molar-refractivity contribution < 1.29 is 18.8 Å². The summed E-state index contributed by atoms with van der Waals surface area (Å²) in [6.07, 6.45) is 11.8. The number of hydrogen-bond donors (Lipinski definition) is 1. The molecule has 6 heteroatoms. The van der Waals surface area contributed by atoms with Gasteiger partial charge in [-0.05, 0) is 86.5 Å². The first kappa shape index (κ1) is 24.1. The predicted octanol–water partition coefficient (Wildman–Crippen LogP) is 4.81. The maximum Gasteiger partial charge on any atom is 0.494 e. The van der Waals surface area contributed by atoms with Crippen molar-refractivity contribution in [2.24, 2.45) is 5.73 Å². The molecule has 176 valence electrons. The van der Waals surface area contributed by atoms with Gasteiger partial charge in [0.2, 0.25) is 5.91 Å². The van der Waals surface area contributed by atoms with E-state index in [9.17, 15) is 4.79 Å². The van der Waals surface area contributed by atoms with Crippen molar-refractivity contribution in [1.82, 2.24) is 0 Å². The van der Waals surface area contributed by atoms with Crippen LogP contribution in [0.1, 0.15) is 46.1 Å². The Hall–Kier alpha value is -3.09. The summed E-state index contributed by atoms with van der Waals surface area (Å²) in [7, 11) is -0.494. The quantitative estimate of drug-likeness (QED) is 0.479. The molecule has 1 saturated heterocycles. The molecule has 0 aromatic heterocycles.